The highest BCUT2D eigenvalue weighted by molar-refractivity contribution is 5.96. The van der Waals surface area contributed by atoms with E-state index in [0.717, 1.165) is 5.56 Å². The van der Waals surface area contributed by atoms with Crippen molar-refractivity contribution in [3.63, 3.8) is 0 Å². The Kier molecular flexibility index (Phi) is 2.83. The van der Waals surface area contributed by atoms with Crippen LogP contribution in [-0.2, 0) is 4.74 Å². The first-order valence-electron chi connectivity index (χ1n) is 5.99. The minimum atomic E-state index is -0.449. The van der Waals surface area contributed by atoms with Gasteiger partial charge in [0.1, 0.15) is 5.56 Å². The molecule has 2 aromatic heterocycles. The lowest BCUT2D eigenvalue weighted by molar-refractivity contribution is 0.0602. The van der Waals surface area contributed by atoms with E-state index in [2.05, 4.69) is 10.1 Å². The van der Waals surface area contributed by atoms with Crippen molar-refractivity contribution in [1.29, 1.82) is 0 Å². The number of hydrogen-bond donors (Lipinski definition) is 1. The molecule has 0 unspecified atom stereocenters. The molecule has 0 aliphatic rings. The minimum Gasteiger partial charge on any atom is -0.465 e. The Morgan fingerprint density at radius 2 is 2.05 bits per heavy atom. The molecule has 0 radical (unpaired) electrons. The number of rotatable bonds is 2. The standard InChI is InChI=1S/C14H12N4O2/c1-20-14(19)10-6-4-8-18-13(10)16-12(17-18)9-5-2-3-7-11(9)15/h2-8H,15H2,1H3. The monoisotopic (exact) mass is 268 g/mol. The van der Waals surface area contributed by atoms with Crippen molar-refractivity contribution < 1.29 is 9.53 Å². The molecule has 0 saturated carbocycles. The number of pyridine rings is 1. The van der Waals surface area contributed by atoms with Crippen LogP contribution in [0.15, 0.2) is 42.6 Å². The summed E-state index contributed by atoms with van der Waals surface area (Å²) in [4.78, 5) is 16.1. The average molecular weight is 268 g/mol. The first-order chi connectivity index (χ1) is 9.70. The minimum absolute atomic E-state index is 0.364. The molecule has 6 heteroatoms. The second-order valence-corrected chi connectivity index (χ2v) is 4.20. The van der Waals surface area contributed by atoms with Crippen molar-refractivity contribution in [3.8, 4) is 11.4 Å². The second-order valence-electron chi connectivity index (χ2n) is 4.20. The Bertz CT molecular complexity index is 795. The summed E-state index contributed by atoms with van der Waals surface area (Å²) in [5, 5.41) is 4.34. The molecule has 0 amide bonds. The number of carbonyl (C=O) groups excluding carboxylic acids is 1. The largest absolute Gasteiger partial charge is 0.465 e. The summed E-state index contributed by atoms with van der Waals surface area (Å²) in [6.07, 6.45) is 1.72. The Hall–Kier alpha value is -2.89. The van der Waals surface area contributed by atoms with Crippen LogP contribution in [0.4, 0.5) is 5.69 Å². The summed E-state index contributed by atoms with van der Waals surface area (Å²) in [7, 11) is 1.33. The number of nitrogens with two attached hydrogens (primary N) is 1. The summed E-state index contributed by atoms with van der Waals surface area (Å²) >= 11 is 0. The maximum atomic E-state index is 11.7. The fourth-order valence-electron chi connectivity index (χ4n) is 1.99. The van der Waals surface area contributed by atoms with Gasteiger partial charge in [0, 0.05) is 17.4 Å². The van der Waals surface area contributed by atoms with Gasteiger partial charge in [0.2, 0.25) is 0 Å². The van der Waals surface area contributed by atoms with Crippen LogP contribution in [0.3, 0.4) is 0 Å². The van der Waals surface area contributed by atoms with Gasteiger partial charge in [-0.15, -0.1) is 5.10 Å². The van der Waals surface area contributed by atoms with E-state index >= 15 is 0 Å². The van der Waals surface area contributed by atoms with Gasteiger partial charge in [0.15, 0.2) is 11.5 Å². The van der Waals surface area contributed by atoms with Crippen LogP contribution in [0.1, 0.15) is 10.4 Å². The molecule has 0 aliphatic carbocycles. The van der Waals surface area contributed by atoms with Gasteiger partial charge >= 0.3 is 5.97 Å². The number of nitrogens with zero attached hydrogens (tertiary/aromatic N) is 3. The number of para-hydroxylation sites is 1. The van der Waals surface area contributed by atoms with Gasteiger partial charge in [-0.2, -0.15) is 0 Å². The predicted molar refractivity (Wildman–Crippen MR) is 74.2 cm³/mol. The SMILES string of the molecule is COC(=O)c1cccn2nc(-c3ccccc3N)nc12. The van der Waals surface area contributed by atoms with Crippen LogP contribution in [0.25, 0.3) is 17.0 Å². The maximum Gasteiger partial charge on any atom is 0.341 e. The lowest BCUT2D eigenvalue weighted by atomic mass is 10.2. The zero-order valence-electron chi connectivity index (χ0n) is 10.8. The lowest BCUT2D eigenvalue weighted by Gasteiger charge is -1.99. The van der Waals surface area contributed by atoms with E-state index in [9.17, 15) is 4.79 Å². The fourth-order valence-corrected chi connectivity index (χ4v) is 1.99. The van der Waals surface area contributed by atoms with E-state index in [1.54, 1.807) is 24.4 Å². The second kappa shape index (κ2) is 4.65. The van der Waals surface area contributed by atoms with Gasteiger partial charge in [-0.3, -0.25) is 0 Å². The van der Waals surface area contributed by atoms with E-state index in [1.165, 1.54) is 11.6 Å². The first kappa shape index (κ1) is 12.2. The number of methoxy groups -OCH3 is 1. The molecule has 0 saturated heterocycles. The van der Waals surface area contributed by atoms with Gasteiger partial charge in [-0.1, -0.05) is 12.1 Å². The molecule has 0 fully saturated rings. The lowest BCUT2D eigenvalue weighted by Crippen LogP contribution is -2.04. The van der Waals surface area contributed by atoms with Crippen molar-refractivity contribution in [2.24, 2.45) is 0 Å². The van der Waals surface area contributed by atoms with Crippen LogP contribution in [0, 0.1) is 0 Å². The molecule has 3 rings (SSSR count). The Labute approximate surface area is 114 Å². The molecule has 0 bridgehead atoms. The number of esters is 1. The zero-order chi connectivity index (χ0) is 14.1. The van der Waals surface area contributed by atoms with Gasteiger partial charge in [0.05, 0.1) is 7.11 Å². The number of carbonyl (C=O) groups is 1. The summed E-state index contributed by atoms with van der Waals surface area (Å²) in [5.41, 5.74) is 8.04. The first-order valence-corrected chi connectivity index (χ1v) is 5.99. The van der Waals surface area contributed by atoms with Crippen LogP contribution < -0.4 is 5.73 Å². The van der Waals surface area contributed by atoms with Gasteiger partial charge in [0.25, 0.3) is 0 Å². The Morgan fingerprint density at radius 3 is 2.80 bits per heavy atom. The van der Waals surface area contributed by atoms with Gasteiger partial charge in [-0.25, -0.2) is 14.3 Å². The molecule has 2 heterocycles. The Balaban J connectivity index is 2.21. The topological polar surface area (TPSA) is 82.5 Å². The molecular weight excluding hydrogens is 256 g/mol. The molecule has 100 valence electrons. The summed E-state index contributed by atoms with van der Waals surface area (Å²) in [6, 6.07) is 10.7. The molecule has 0 atom stereocenters. The third-order valence-electron chi connectivity index (χ3n) is 2.97. The smallest absolute Gasteiger partial charge is 0.341 e. The van der Waals surface area contributed by atoms with Crippen molar-refractivity contribution in [1.82, 2.24) is 14.6 Å². The highest BCUT2D eigenvalue weighted by atomic mass is 16.5. The number of anilines is 1. The number of nitrogen functional groups attached to an aromatic ring is 1. The van der Waals surface area contributed by atoms with Crippen molar-refractivity contribution in [2.75, 3.05) is 12.8 Å². The number of fused-ring (bicyclic) bond motifs is 1. The highest BCUT2D eigenvalue weighted by Gasteiger charge is 2.15. The molecule has 0 aliphatic heterocycles. The van der Waals surface area contributed by atoms with Crippen LogP contribution in [-0.4, -0.2) is 27.7 Å². The van der Waals surface area contributed by atoms with Gasteiger partial charge < -0.3 is 10.5 Å². The molecule has 2 N–H and O–H groups in total. The molecular formula is C14H12N4O2. The van der Waals surface area contributed by atoms with Crippen molar-refractivity contribution in [2.45, 2.75) is 0 Å². The number of hydrogen-bond acceptors (Lipinski definition) is 5. The molecule has 1 aromatic carbocycles. The fraction of sp³-hybridized carbons (Fsp3) is 0.0714. The van der Waals surface area contributed by atoms with E-state index in [1.807, 2.05) is 18.2 Å². The van der Waals surface area contributed by atoms with Crippen LogP contribution in [0.5, 0.6) is 0 Å². The summed E-state index contributed by atoms with van der Waals surface area (Å²) in [5.74, 6) is 0.0232. The van der Waals surface area contributed by atoms with E-state index in [0.29, 0.717) is 22.7 Å². The maximum absolute atomic E-state index is 11.7. The number of aromatic nitrogens is 3. The predicted octanol–water partition coefficient (Wildman–Crippen LogP) is 1.77. The third kappa shape index (κ3) is 1.87. The third-order valence-corrected chi connectivity index (χ3v) is 2.97. The summed E-state index contributed by atoms with van der Waals surface area (Å²) in [6.45, 7) is 0. The number of ether oxygens (including phenoxy) is 1. The Morgan fingerprint density at radius 1 is 1.25 bits per heavy atom. The zero-order valence-corrected chi connectivity index (χ0v) is 10.8. The van der Waals surface area contributed by atoms with Crippen LogP contribution in [0.2, 0.25) is 0 Å². The number of benzene rings is 1. The van der Waals surface area contributed by atoms with E-state index in [-0.39, 0.29) is 0 Å². The van der Waals surface area contributed by atoms with Crippen LogP contribution >= 0.6 is 0 Å². The van der Waals surface area contributed by atoms with E-state index in [4.69, 9.17) is 10.5 Å². The molecule has 6 nitrogen and oxygen atoms in total. The molecule has 0 spiro atoms. The normalized spacial score (nSPS) is 10.7. The quantitative estimate of drug-likeness (QED) is 0.565. The highest BCUT2D eigenvalue weighted by Crippen LogP contribution is 2.23. The van der Waals surface area contributed by atoms with E-state index < -0.39 is 5.97 Å². The molecule has 20 heavy (non-hydrogen) atoms. The average Bonchev–Trinajstić information content (AvgIpc) is 2.90. The summed E-state index contributed by atoms with van der Waals surface area (Å²) < 4.78 is 6.27. The van der Waals surface area contributed by atoms with Crippen molar-refractivity contribution in [3.05, 3.63) is 48.2 Å². The van der Waals surface area contributed by atoms with Gasteiger partial charge in [-0.05, 0) is 24.3 Å². The molecule has 3 aromatic rings. The van der Waals surface area contributed by atoms with Crippen molar-refractivity contribution >= 4 is 17.3 Å².